The first-order valence-electron chi connectivity index (χ1n) is 5.02. The van der Waals surface area contributed by atoms with Crippen molar-refractivity contribution in [2.45, 2.75) is 25.7 Å². The second-order valence-corrected chi connectivity index (χ2v) is 5.84. The van der Waals surface area contributed by atoms with Crippen molar-refractivity contribution in [3.63, 3.8) is 0 Å². The number of carbonyl (C=O) groups is 1. The lowest BCUT2D eigenvalue weighted by Gasteiger charge is -2.02. The van der Waals surface area contributed by atoms with Crippen LogP contribution in [0.25, 0.3) is 0 Å². The summed E-state index contributed by atoms with van der Waals surface area (Å²) in [5.41, 5.74) is 0. The van der Waals surface area contributed by atoms with Gasteiger partial charge in [-0.1, -0.05) is 6.42 Å². The number of carboxylic acid groups (broad SMARTS) is 1. The van der Waals surface area contributed by atoms with Crippen LogP contribution in [0.1, 0.15) is 25.7 Å². The number of rotatable bonds is 9. The van der Waals surface area contributed by atoms with E-state index in [0.717, 1.165) is 19.4 Å². The molecule has 90 valence electrons. The lowest BCUT2D eigenvalue weighted by Crippen LogP contribution is -2.23. The molecule has 0 bridgehead atoms. The topological polar surface area (TPSA) is 83.5 Å². The zero-order valence-electron chi connectivity index (χ0n) is 9.03. The van der Waals surface area contributed by atoms with Gasteiger partial charge in [-0.15, -0.1) is 0 Å². The van der Waals surface area contributed by atoms with Crippen LogP contribution in [0.4, 0.5) is 0 Å². The average molecular weight is 237 g/mol. The van der Waals surface area contributed by atoms with Crippen molar-refractivity contribution in [2.75, 3.05) is 25.1 Å². The highest BCUT2D eigenvalue weighted by Crippen LogP contribution is 1.98. The van der Waals surface area contributed by atoms with Gasteiger partial charge in [0, 0.05) is 19.2 Å². The van der Waals surface area contributed by atoms with Crippen LogP contribution < -0.4 is 5.32 Å². The molecule has 0 fully saturated rings. The molecule has 5 nitrogen and oxygen atoms in total. The van der Waals surface area contributed by atoms with E-state index in [4.69, 9.17) is 5.11 Å². The molecule has 0 aromatic heterocycles. The molecule has 0 heterocycles. The van der Waals surface area contributed by atoms with Crippen molar-refractivity contribution >= 4 is 15.8 Å². The van der Waals surface area contributed by atoms with Crippen LogP contribution in [-0.2, 0) is 14.6 Å². The third-order valence-corrected chi connectivity index (χ3v) is 2.84. The van der Waals surface area contributed by atoms with E-state index >= 15 is 0 Å². The van der Waals surface area contributed by atoms with Gasteiger partial charge >= 0.3 is 5.97 Å². The molecule has 0 saturated heterocycles. The zero-order valence-corrected chi connectivity index (χ0v) is 9.85. The summed E-state index contributed by atoms with van der Waals surface area (Å²) >= 11 is 0. The quantitative estimate of drug-likeness (QED) is 0.562. The number of sulfone groups is 1. The fourth-order valence-corrected chi connectivity index (χ4v) is 1.60. The van der Waals surface area contributed by atoms with Gasteiger partial charge in [-0.2, -0.15) is 0 Å². The maximum Gasteiger partial charge on any atom is 0.303 e. The molecule has 0 unspecified atom stereocenters. The van der Waals surface area contributed by atoms with Crippen molar-refractivity contribution in [1.82, 2.24) is 5.32 Å². The summed E-state index contributed by atoms with van der Waals surface area (Å²) in [4.78, 5) is 10.2. The van der Waals surface area contributed by atoms with Crippen LogP contribution in [0.3, 0.4) is 0 Å². The summed E-state index contributed by atoms with van der Waals surface area (Å²) in [6.07, 6.45) is 3.85. The first-order valence-corrected chi connectivity index (χ1v) is 7.08. The second kappa shape index (κ2) is 7.64. The molecule has 0 aliphatic heterocycles. The predicted octanol–water partition coefficient (Wildman–Crippen LogP) is 0.266. The average Bonchev–Trinajstić information content (AvgIpc) is 2.07. The molecular formula is C9H19NO4S. The number of carboxylic acids is 1. The Morgan fingerprint density at radius 3 is 2.40 bits per heavy atom. The molecule has 0 rings (SSSR count). The van der Waals surface area contributed by atoms with E-state index in [0.29, 0.717) is 13.0 Å². The number of nitrogens with one attached hydrogen (secondary N) is 1. The Labute approximate surface area is 90.8 Å². The number of hydrogen-bond acceptors (Lipinski definition) is 4. The first-order chi connectivity index (χ1) is 6.92. The Hall–Kier alpha value is -0.620. The summed E-state index contributed by atoms with van der Waals surface area (Å²) in [5, 5.41) is 11.4. The Kier molecular flexibility index (Phi) is 7.33. The van der Waals surface area contributed by atoms with E-state index in [2.05, 4.69) is 5.32 Å². The van der Waals surface area contributed by atoms with Crippen molar-refractivity contribution < 1.29 is 18.3 Å². The number of hydrogen-bond donors (Lipinski definition) is 2. The molecule has 0 atom stereocenters. The fraction of sp³-hybridized carbons (Fsp3) is 0.889. The highest BCUT2D eigenvalue weighted by molar-refractivity contribution is 7.90. The maximum absolute atomic E-state index is 10.7. The summed E-state index contributed by atoms with van der Waals surface area (Å²) in [5.74, 6) is -0.609. The van der Waals surface area contributed by atoms with E-state index in [1.54, 1.807) is 0 Å². The molecule has 15 heavy (non-hydrogen) atoms. The van der Waals surface area contributed by atoms with Crippen LogP contribution in [-0.4, -0.2) is 44.6 Å². The van der Waals surface area contributed by atoms with Gasteiger partial charge in [0.25, 0.3) is 0 Å². The van der Waals surface area contributed by atoms with Gasteiger partial charge in [0.15, 0.2) is 0 Å². The predicted molar refractivity (Wildman–Crippen MR) is 58.7 cm³/mol. The summed E-state index contributed by atoms with van der Waals surface area (Å²) in [7, 11) is -2.87. The molecule has 6 heteroatoms. The van der Waals surface area contributed by atoms with Crippen molar-refractivity contribution in [1.29, 1.82) is 0 Å². The molecule has 0 saturated carbocycles. The molecular weight excluding hydrogens is 218 g/mol. The van der Waals surface area contributed by atoms with Gasteiger partial charge in [0.2, 0.25) is 0 Å². The van der Waals surface area contributed by atoms with Crippen LogP contribution in [0.2, 0.25) is 0 Å². The molecule has 0 aromatic carbocycles. The summed E-state index contributed by atoms with van der Waals surface area (Å²) in [6, 6.07) is 0. The van der Waals surface area contributed by atoms with E-state index in [9.17, 15) is 13.2 Å². The summed E-state index contributed by atoms with van der Waals surface area (Å²) in [6.45, 7) is 1.22. The van der Waals surface area contributed by atoms with Crippen molar-refractivity contribution in [3.8, 4) is 0 Å². The molecule has 0 aromatic rings. The van der Waals surface area contributed by atoms with Crippen LogP contribution in [0, 0.1) is 0 Å². The van der Waals surface area contributed by atoms with Crippen molar-refractivity contribution in [3.05, 3.63) is 0 Å². The minimum absolute atomic E-state index is 0.155. The largest absolute Gasteiger partial charge is 0.481 e. The van der Waals surface area contributed by atoms with Gasteiger partial charge in [0.05, 0.1) is 5.75 Å². The molecule has 0 aliphatic rings. The molecule has 0 spiro atoms. The van der Waals surface area contributed by atoms with E-state index in [-0.39, 0.29) is 12.2 Å². The standard InChI is InChI=1S/C9H19NO4S/c1-15(13,14)8-7-10-6-4-2-3-5-9(11)12/h10H,2-8H2,1H3,(H,11,12). The van der Waals surface area contributed by atoms with Gasteiger partial charge in [-0.25, -0.2) is 8.42 Å². The lowest BCUT2D eigenvalue weighted by molar-refractivity contribution is -0.137. The van der Waals surface area contributed by atoms with Crippen LogP contribution in [0.5, 0.6) is 0 Å². The molecule has 0 radical (unpaired) electrons. The molecule has 2 N–H and O–H groups in total. The number of aliphatic carboxylic acids is 1. The Balaban J connectivity index is 3.16. The SMILES string of the molecule is CS(=O)(=O)CCNCCCCCC(=O)O. The van der Waals surface area contributed by atoms with Gasteiger partial charge in [-0.05, 0) is 19.4 Å². The Morgan fingerprint density at radius 2 is 1.87 bits per heavy atom. The fourth-order valence-electron chi connectivity index (χ4n) is 1.09. The van der Waals surface area contributed by atoms with Crippen molar-refractivity contribution in [2.24, 2.45) is 0 Å². The Bertz CT molecular complexity index is 274. The highest BCUT2D eigenvalue weighted by atomic mass is 32.2. The lowest BCUT2D eigenvalue weighted by atomic mass is 10.2. The zero-order chi connectivity index (χ0) is 11.7. The number of unbranched alkanes of at least 4 members (excludes halogenated alkanes) is 2. The van der Waals surface area contributed by atoms with E-state index in [1.807, 2.05) is 0 Å². The minimum Gasteiger partial charge on any atom is -0.481 e. The monoisotopic (exact) mass is 237 g/mol. The third kappa shape index (κ3) is 13.4. The second-order valence-electron chi connectivity index (χ2n) is 3.58. The van der Waals surface area contributed by atoms with Gasteiger partial charge < -0.3 is 10.4 Å². The highest BCUT2D eigenvalue weighted by Gasteiger charge is 2.00. The van der Waals surface area contributed by atoms with Crippen LogP contribution in [0.15, 0.2) is 0 Å². The smallest absolute Gasteiger partial charge is 0.303 e. The van der Waals surface area contributed by atoms with Crippen LogP contribution >= 0.6 is 0 Å². The minimum atomic E-state index is -2.87. The first kappa shape index (κ1) is 14.4. The third-order valence-electron chi connectivity index (χ3n) is 1.89. The van der Waals surface area contributed by atoms with E-state index < -0.39 is 15.8 Å². The Morgan fingerprint density at radius 1 is 1.20 bits per heavy atom. The van der Waals surface area contributed by atoms with E-state index in [1.165, 1.54) is 6.26 Å². The molecule has 0 aliphatic carbocycles. The maximum atomic E-state index is 10.7. The van der Waals surface area contributed by atoms with Gasteiger partial charge in [0.1, 0.15) is 9.84 Å². The van der Waals surface area contributed by atoms with Gasteiger partial charge in [-0.3, -0.25) is 4.79 Å². The summed E-state index contributed by atoms with van der Waals surface area (Å²) < 4.78 is 21.5. The normalized spacial score (nSPS) is 11.5. The molecule has 0 amide bonds.